The van der Waals surface area contributed by atoms with Gasteiger partial charge in [-0.3, -0.25) is 5.43 Å². The van der Waals surface area contributed by atoms with Crippen LogP contribution in [0.25, 0.3) is 5.69 Å². The highest BCUT2D eigenvalue weighted by molar-refractivity contribution is 5.83. The molecular weight excluding hydrogens is 284 g/mol. The summed E-state index contributed by atoms with van der Waals surface area (Å²) in [5, 5.41) is 8.99. The number of hydrogen-bond donors (Lipinski definition) is 1. The highest BCUT2D eigenvalue weighted by Crippen LogP contribution is 2.17. The van der Waals surface area contributed by atoms with E-state index in [0.29, 0.717) is 0 Å². The van der Waals surface area contributed by atoms with Gasteiger partial charge in [-0.2, -0.15) is 10.2 Å². The van der Waals surface area contributed by atoms with Gasteiger partial charge in [0.2, 0.25) is 0 Å². The van der Waals surface area contributed by atoms with Crippen molar-refractivity contribution in [1.82, 2.24) is 9.78 Å². The Morgan fingerprint density at radius 2 is 1.65 bits per heavy atom. The van der Waals surface area contributed by atoms with Gasteiger partial charge in [0.15, 0.2) is 0 Å². The molecule has 0 unspecified atom stereocenters. The second-order valence-electron chi connectivity index (χ2n) is 5.52. The van der Waals surface area contributed by atoms with Crippen molar-refractivity contribution in [2.45, 2.75) is 20.8 Å². The maximum Gasteiger partial charge on any atom is 0.0689 e. The van der Waals surface area contributed by atoms with Crippen molar-refractivity contribution < 1.29 is 0 Å². The monoisotopic (exact) mass is 304 g/mol. The van der Waals surface area contributed by atoms with Gasteiger partial charge in [-0.1, -0.05) is 36.4 Å². The summed E-state index contributed by atoms with van der Waals surface area (Å²) in [6, 6.07) is 18.2. The zero-order chi connectivity index (χ0) is 16.2. The van der Waals surface area contributed by atoms with Crippen LogP contribution < -0.4 is 5.43 Å². The fourth-order valence-corrected chi connectivity index (χ4v) is 2.53. The average Bonchev–Trinajstić information content (AvgIpc) is 2.85. The van der Waals surface area contributed by atoms with Crippen molar-refractivity contribution in [3.63, 3.8) is 0 Å². The van der Waals surface area contributed by atoms with Crippen LogP contribution in [0.1, 0.15) is 22.5 Å². The second kappa shape index (κ2) is 6.48. The Labute approximate surface area is 136 Å². The largest absolute Gasteiger partial charge is 0.278 e. The van der Waals surface area contributed by atoms with Gasteiger partial charge in [-0.05, 0) is 44.5 Å². The maximum absolute atomic E-state index is 4.62. The quantitative estimate of drug-likeness (QED) is 0.578. The van der Waals surface area contributed by atoms with Crippen molar-refractivity contribution in [3.8, 4) is 5.69 Å². The molecule has 0 amide bonds. The molecule has 1 N–H and O–H groups in total. The van der Waals surface area contributed by atoms with Gasteiger partial charge in [0.25, 0.3) is 0 Å². The van der Waals surface area contributed by atoms with Gasteiger partial charge >= 0.3 is 0 Å². The molecule has 116 valence electrons. The van der Waals surface area contributed by atoms with E-state index in [-0.39, 0.29) is 0 Å². The van der Waals surface area contributed by atoms with Crippen LogP contribution in [0.2, 0.25) is 0 Å². The fourth-order valence-electron chi connectivity index (χ4n) is 2.53. The third kappa shape index (κ3) is 3.16. The predicted octanol–water partition coefficient (Wildman–Crippen LogP) is 4.24. The van der Waals surface area contributed by atoms with Crippen LogP contribution in [0.4, 0.5) is 5.69 Å². The molecule has 23 heavy (non-hydrogen) atoms. The SMILES string of the molecule is Cc1ccccc1N/N=C\c1c(C)nn(-c2ccccc2)c1C. The zero-order valence-electron chi connectivity index (χ0n) is 13.6. The lowest BCUT2D eigenvalue weighted by atomic mass is 10.2. The first kappa shape index (κ1) is 15.0. The minimum absolute atomic E-state index is 0.960. The molecule has 3 rings (SSSR count). The van der Waals surface area contributed by atoms with E-state index < -0.39 is 0 Å². The highest BCUT2D eigenvalue weighted by atomic mass is 15.3. The van der Waals surface area contributed by atoms with E-state index in [1.54, 1.807) is 0 Å². The lowest BCUT2D eigenvalue weighted by Crippen LogP contribution is -1.99. The molecule has 0 aliphatic heterocycles. The second-order valence-corrected chi connectivity index (χ2v) is 5.52. The summed E-state index contributed by atoms with van der Waals surface area (Å²) in [5.41, 5.74) is 9.40. The molecule has 2 aromatic carbocycles. The molecule has 0 bridgehead atoms. The fraction of sp³-hybridized carbons (Fsp3) is 0.158. The molecule has 0 saturated heterocycles. The Kier molecular flexibility index (Phi) is 4.24. The zero-order valence-corrected chi connectivity index (χ0v) is 13.6. The third-order valence-electron chi connectivity index (χ3n) is 3.87. The van der Waals surface area contributed by atoms with Crippen molar-refractivity contribution in [2.24, 2.45) is 5.10 Å². The van der Waals surface area contributed by atoms with E-state index in [2.05, 4.69) is 35.5 Å². The smallest absolute Gasteiger partial charge is 0.0689 e. The molecule has 0 radical (unpaired) electrons. The molecule has 0 aliphatic rings. The van der Waals surface area contributed by atoms with E-state index in [1.165, 1.54) is 0 Å². The number of aromatic nitrogens is 2. The van der Waals surface area contributed by atoms with Crippen molar-refractivity contribution in [2.75, 3.05) is 5.43 Å². The first-order chi connectivity index (χ1) is 11.2. The molecule has 1 aromatic heterocycles. The number of rotatable bonds is 4. The maximum atomic E-state index is 4.62. The Bertz CT molecular complexity index is 832. The van der Waals surface area contributed by atoms with Crippen LogP contribution in [0, 0.1) is 20.8 Å². The molecule has 0 saturated carbocycles. The van der Waals surface area contributed by atoms with Crippen LogP contribution >= 0.6 is 0 Å². The number of hydrazone groups is 1. The van der Waals surface area contributed by atoms with E-state index in [9.17, 15) is 0 Å². The highest BCUT2D eigenvalue weighted by Gasteiger charge is 2.10. The van der Waals surface area contributed by atoms with Crippen molar-refractivity contribution in [1.29, 1.82) is 0 Å². The van der Waals surface area contributed by atoms with Crippen molar-refractivity contribution in [3.05, 3.63) is 77.1 Å². The molecule has 0 aliphatic carbocycles. The minimum Gasteiger partial charge on any atom is -0.278 e. The standard InChI is InChI=1S/C19H20N4/c1-14-9-7-8-12-19(14)21-20-13-18-15(2)22-23(16(18)3)17-10-5-4-6-11-17/h4-13,21H,1-3H3/b20-13-. The normalized spacial score (nSPS) is 11.1. The van der Waals surface area contributed by atoms with E-state index >= 15 is 0 Å². The number of anilines is 1. The Hall–Kier alpha value is -2.88. The average molecular weight is 304 g/mol. The van der Waals surface area contributed by atoms with Gasteiger partial charge < -0.3 is 0 Å². The molecule has 4 nitrogen and oxygen atoms in total. The summed E-state index contributed by atoms with van der Waals surface area (Å²) in [4.78, 5) is 0. The van der Waals surface area contributed by atoms with Gasteiger partial charge in [0, 0.05) is 5.56 Å². The summed E-state index contributed by atoms with van der Waals surface area (Å²) < 4.78 is 1.95. The van der Waals surface area contributed by atoms with Gasteiger partial charge in [-0.25, -0.2) is 4.68 Å². The molecule has 0 spiro atoms. The lowest BCUT2D eigenvalue weighted by Gasteiger charge is -2.04. The van der Waals surface area contributed by atoms with E-state index in [1.807, 2.05) is 66.4 Å². The molecule has 1 heterocycles. The Balaban J connectivity index is 1.85. The van der Waals surface area contributed by atoms with Crippen LogP contribution in [0.15, 0.2) is 59.7 Å². The number of nitrogens with zero attached hydrogens (tertiary/aromatic N) is 3. The first-order valence-electron chi connectivity index (χ1n) is 7.63. The molecule has 4 heteroatoms. The Morgan fingerprint density at radius 1 is 0.957 bits per heavy atom. The summed E-state index contributed by atoms with van der Waals surface area (Å²) in [5.74, 6) is 0. The van der Waals surface area contributed by atoms with Crippen LogP contribution in [-0.2, 0) is 0 Å². The predicted molar refractivity (Wildman–Crippen MR) is 95.4 cm³/mol. The third-order valence-corrected chi connectivity index (χ3v) is 3.87. The van der Waals surface area contributed by atoms with Crippen LogP contribution in [0.5, 0.6) is 0 Å². The summed E-state index contributed by atoms with van der Waals surface area (Å²) in [6.07, 6.45) is 1.84. The Morgan fingerprint density at radius 3 is 2.39 bits per heavy atom. The first-order valence-corrected chi connectivity index (χ1v) is 7.63. The number of benzene rings is 2. The number of aryl methyl sites for hydroxylation is 2. The van der Waals surface area contributed by atoms with Gasteiger partial charge in [0.1, 0.15) is 0 Å². The van der Waals surface area contributed by atoms with Gasteiger partial charge in [-0.15, -0.1) is 0 Å². The minimum atomic E-state index is 0.960. The summed E-state index contributed by atoms with van der Waals surface area (Å²) in [6.45, 7) is 6.12. The molecule has 0 fully saturated rings. The summed E-state index contributed by atoms with van der Waals surface area (Å²) >= 11 is 0. The molecular formula is C19H20N4. The van der Waals surface area contributed by atoms with E-state index in [0.717, 1.165) is 33.9 Å². The number of hydrogen-bond acceptors (Lipinski definition) is 3. The van der Waals surface area contributed by atoms with Crippen LogP contribution in [-0.4, -0.2) is 16.0 Å². The van der Waals surface area contributed by atoms with E-state index in [4.69, 9.17) is 0 Å². The van der Waals surface area contributed by atoms with Gasteiger partial charge in [0.05, 0.1) is 29.0 Å². The van der Waals surface area contributed by atoms with Crippen molar-refractivity contribution >= 4 is 11.9 Å². The summed E-state index contributed by atoms with van der Waals surface area (Å²) in [7, 11) is 0. The number of nitrogens with one attached hydrogen (secondary N) is 1. The molecule has 0 atom stereocenters. The van der Waals surface area contributed by atoms with Crippen LogP contribution in [0.3, 0.4) is 0 Å². The topological polar surface area (TPSA) is 42.2 Å². The number of para-hydroxylation sites is 2. The lowest BCUT2D eigenvalue weighted by molar-refractivity contribution is 0.833. The molecule has 3 aromatic rings.